The maximum atomic E-state index is 15.0. The summed E-state index contributed by atoms with van der Waals surface area (Å²) in [5, 5.41) is 18.0. The fourth-order valence-electron chi connectivity index (χ4n) is 4.04. The molecule has 4 aromatic rings. The second kappa shape index (κ2) is 6.65. The van der Waals surface area contributed by atoms with Crippen LogP contribution < -0.4 is 10.1 Å². The molecule has 2 aromatic heterocycles. The zero-order chi connectivity index (χ0) is 20.2. The van der Waals surface area contributed by atoms with Crippen molar-refractivity contribution in [3.05, 3.63) is 92.4 Å². The van der Waals surface area contributed by atoms with Crippen molar-refractivity contribution in [2.45, 2.75) is 12.1 Å². The predicted octanol–water partition coefficient (Wildman–Crippen LogP) is 5.09. The number of anilines is 1. The molecule has 0 saturated carbocycles. The van der Waals surface area contributed by atoms with Crippen LogP contribution in [0.5, 0.6) is 5.75 Å². The fraction of sp³-hybridized carbons (Fsp3) is 0.0952. The maximum absolute atomic E-state index is 15.0. The molecule has 6 nitrogen and oxygen atoms in total. The van der Waals surface area contributed by atoms with E-state index >= 15 is 0 Å². The Hall–Kier alpha value is -3.23. The Morgan fingerprint density at radius 3 is 2.87 bits per heavy atom. The molecule has 1 N–H and O–H groups in total. The Morgan fingerprint density at radius 1 is 1.13 bits per heavy atom. The normalized spacial score (nSPS) is 19.4. The molecular weight excluding hydrogens is 425 g/mol. The summed E-state index contributed by atoms with van der Waals surface area (Å²) in [5.41, 5.74) is 2.88. The zero-order valence-electron chi connectivity index (χ0n) is 15.3. The van der Waals surface area contributed by atoms with Gasteiger partial charge in [0.05, 0.1) is 5.70 Å². The first-order chi connectivity index (χ1) is 14.7. The van der Waals surface area contributed by atoms with Crippen LogP contribution in [0.3, 0.4) is 0 Å². The Balaban J connectivity index is 1.67. The van der Waals surface area contributed by atoms with Crippen LogP contribution in [-0.4, -0.2) is 20.2 Å². The van der Waals surface area contributed by atoms with Gasteiger partial charge in [-0.3, -0.25) is 0 Å². The van der Waals surface area contributed by atoms with Crippen LogP contribution in [0.4, 0.5) is 10.3 Å². The predicted molar refractivity (Wildman–Crippen MR) is 112 cm³/mol. The number of fused-ring (bicyclic) bond motifs is 3. The summed E-state index contributed by atoms with van der Waals surface area (Å²) in [6.07, 6.45) is -0.428. The van der Waals surface area contributed by atoms with Gasteiger partial charge in [-0.25, -0.2) is 4.39 Å². The molecular formula is C21H13ClFN5OS. The smallest absolute Gasteiger partial charge is 0.248 e. The lowest BCUT2D eigenvalue weighted by atomic mass is 9.86. The summed E-state index contributed by atoms with van der Waals surface area (Å²) in [6, 6.07) is 15.5. The second-order valence-corrected chi connectivity index (χ2v) is 8.40. The lowest BCUT2D eigenvalue weighted by Crippen LogP contribution is -2.32. The molecule has 0 fully saturated rings. The minimum absolute atomic E-state index is 0.334. The van der Waals surface area contributed by atoms with Crippen molar-refractivity contribution < 1.29 is 9.13 Å². The van der Waals surface area contributed by atoms with E-state index in [1.165, 1.54) is 6.07 Å². The molecule has 0 aliphatic carbocycles. The van der Waals surface area contributed by atoms with Gasteiger partial charge in [-0.1, -0.05) is 41.0 Å². The van der Waals surface area contributed by atoms with Crippen LogP contribution in [0.2, 0.25) is 5.02 Å². The highest BCUT2D eigenvalue weighted by Crippen LogP contribution is 2.51. The molecule has 0 bridgehead atoms. The monoisotopic (exact) mass is 437 g/mol. The van der Waals surface area contributed by atoms with Gasteiger partial charge in [0.2, 0.25) is 5.95 Å². The SMILES string of the molecule is Fc1ccccc1[C@@H]1C2=C(Nc3nnnn31)c1cc(Cl)ccc1O[C@@H]2c1cccs1. The molecule has 148 valence electrons. The molecule has 0 amide bonds. The van der Waals surface area contributed by atoms with Crippen molar-refractivity contribution in [1.82, 2.24) is 20.2 Å². The Kier molecular flexibility index (Phi) is 3.90. The molecule has 2 aliphatic heterocycles. The van der Waals surface area contributed by atoms with E-state index in [-0.39, 0.29) is 5.82 Å². The molecule has 0 unspecified atom stereocenters. The lowest BCUT2D eigenvalue weighted by Gasteiger charge is -2.38. The van der Waals surface area contributed by atoms with Gasteiger partial charge in [0, 0.05) is 26.6 Å². The van der Waals surface area contributed by atoms with Crippen LogP contribution in [-0.2, 0) is 0 Å². The van der Waals surface area contributed by atoms with Gasteiger partial charge in [0.25, 0.3) is 0 Å². The molecule has 0 spiro atoms. The van der Waals surface area contributed by atoms with Gasteiger partial charge in [-0.05, 0) is 46.1 Å². The van der Waals surface area contributed by atoms with E-state index in [1.807, 2.05) is 29.6 Å². The summed E-state index contributed by atoms with van der Waals surface area (Å²) in [6.45, 7) is 0. The molecule has 2 atom stereocenters. The average molecular weight is 438 g/mol. The van der Waals surface area contributed by atoms with Crippen molar-refractivity contribution in [3.63, 3.8) is 0 Å². The quantitative estimate of drug-likeness (QED) is 0.473. The number of nitrogens with zero attached hydrogens (tertiary/aromatic N) is 4. The van der Waals surface area contributed by atoms with Gasteiger partial charge in [0.15, 0.2) is 6.10 Å². The van der Waals surface area contributed by atoms with E-state index in [9.17, 15) is 4.39 Å². The van der Waals surface area contributed by atoms with E-state index in [0.717, 1.165) is 21.7 Å². The Morgan fingerprint density at radius 2 is 2.03 bits per heavy atom. The van der Waals surface area contributed by atoms with Gasteiger partial charge >= 0.3 is 0 Å². The number of halogens is 2. The largest absolute Gasteiger partial charge is 0.480 e. The van der Waals surface area contributed by atoms with E-state index in [0.29, 0.717) is 22.3 Å². The van der Waals surface area contributed by atoms with E-state index in [2.05, 4.69) is 20.8 Å². The number of hydrogen-bond donors (Lipinski definition) is 1. The Labute approximate surface area is 179 Å². The van der Waals surface area contributed by atoms with Crippen LogP contribution in [0.25, 0.3) is 5.70 Å². The van der Waals surface area contributed by atoms with Gasteiger partial charge in [-0.15, -0.1) is 11.3 Å². The third-order valence-electron chi connectivity index (χ3n) is 5.30. The molecule has 2 aromatic carbocycles. The van der Waals surface area contributed by atoms with E-state index in [1.54, 1.807) is 40.3 Å². The molecule has 30 heavy (non-hydrogen) atoms. The maximum Gasteiger partial charge on any atom is 0.248 e. The number of thiophene rings is 1. The van der Waals surface area contributed by atoms with Gasteiger partial charge in [0.1, 0.15) is 17.6 Å². The molecule has 0 radical (unpaired) electrons. The molecule has 4 heterocycles. The first kappa shape index (κ1) is 17.6. The highest BCUT2D eigenvalue weighted by Gasteiger charge is 2.42. The van der Waals surface area contributed by atoms with Crippen LogP contribution in [0, 0.1) is 5.82 Å². The van der Waals surface area contributed by atoms with Gasteiger partial charge < -0.3 is 10.1 Å². The first-order valence-electron chi connectivity index (χ1n) is 9.24. The summed E-state index contributed by atoms with van der Waals surface area (Å²) in [5.74, 6) is 0.788. The molecule has 0 saturated heterocycles. The lowest BCUT2D eigenvalue weighted by molar-refractivity contribution is 0.225. The van der Waals surface area contributed by atoms with Crippen LogP contribution in [0.1, 0.15) is 28.1 Å². The average Bonchev–Trinajstić information content (AvgIpc) is 3.44. The van der Waals surface area contributed by atoms with Crippen molar-refractivity contribution in [3.8, 4) is 5.75 Å². The highest BCUT2D eigenvalue weighted by atomic mass is 35.5. The molecule has 2 aliphatic rings. The second-order valence-electron chi connectivity index (χ2n) is 6.98. The highest BCUT2D eigenvalue weighted by molar-refractivity contribution is 7.10. The third-order valence-corrected chi connectivity index (χ3v) is 6.45. The summed E-state index contributed by atoms with van der Waals surface area (Å²) in [4.78, 5) is 1.00. The third kappa shape index (κ3) is 2.57. The van der Waals surface area contributed by atoms with E-state index < -0.39 is 12.1 Å². The number of benzene rings is 2. The zero-order valence-corrected chi connectivity index (χ0v) is 16.9. The van der Waals surface area contributed by atoms with Gasteiger partial charge in [-0.2, -0.15) is 4.68 Å². The Bertz CT molecular complexity index is 1300. The number of aromatic nitrogens is 4. The number of ether oxygens (including phenoxy) is 1. The summed E-state index contributed by atoms with van der Waals surface area (Å²) in [7, 11) is 0. The fourth-order valence-corrected chi connectivity index (χ4v) is 4.98. The molecule has 6 rings (SSSR count). The molecule has 9 heteroatoms. The number of tetrazole rings is 1. The van der Waals surface area contributed by atoms with E-state index in [4.69, 9.17) is 16.3 Å². The van der Waals surface area contributed by atoms with Crippen molar-refractivity contribution in [1.29, 1.82) is 0 Å². The van der Waals surface area contributed by atoms with Crippen molar-refractivity contribution in [2.24, 2.45) is 0 Å². The standard InChI is InChI=1S/C21H13ClFN5OS/c22-11-7-8-15-13(10-11)18-17(20(29-15)16-6-3-9-30-16)19(12-4-1-2-5-14(12)23)28-21(24-18)25-26-27-28/h1-10,19-20H,(H,24,25,27)/t19-,20-/m1/s1. The minimum Gasteiger partial charge on any atom is -0.480 e. The van der Waals surface area contributed by atoms with Crippen LogP contribution in [0.15, 0.2) is 65.6 Å². The van der Waals surface area contributed by atoms with Crippen molar-refractivity contribution >= 4 is 34.6 Å². The van der Waals surface area contributed by atoms with Crippen molar-refractivity contribution in [2.75, 3.05) is 5.32 Å². The number of rotatable bonds is 2. The number of nitrogens with one attached hydrogen (secondary N) is 1. The number of hydrogen-bond acceptors (Lipinski definition) is 6. The summed E-state index contributed by atoms with van der Waals surface area (Å²) >= 11 is 7.87. The first-order valence-corrected chi connectivity index (χ1v) is 10.5. The van der Waals surface area contributed by atoms with Crippen LogP contribution >= 0.6 is 22.9 Å². The summed E-state index contributed by atoms with van der Waals surface area (Å²) < 4.78 is 23.0. The minimum atomic E-state index is -0.577. The topological polar surface area (TPSA) is 64.9 Å².